The third-order valence-electron chi connectivity index (χ3n) is 7.81. The number of aromatic hydroxyl groups is 9. The van der Waals surface area contributed by atoms with Crippen molar-refractivity contribution in [3.63, 3.8) is 0 Å². The first-order valence-corrected chi connectivity index (χ1v) is 11.8. The molecule has 9 heteroatoms. The van der Waals surface area contributed by atoms with Crippen LogP contribution in [0.4, 0.5) is 0 Å². The molecular weight excluding hydrogens is 480 g/mol. The zero-order valence-electron chi connectivity index (χ0n) is 21.6. The summed E-state index contributed by atoms with van der Waals surface area (Å²) in [5, 5.41) is 96.4. The maximum Gasteiger partial charge on any atom is 0.131 e. The van der Waals surface area contributed by atoms with E-state index in [0.717, 1.165) is 30.3 Å². The highest BCUT2D eigenvalue weighted by Gasteiger charge is 2.47. The van der Waals surface area contributed by atoms with Crippen LogP contribution in [0.2, 0.25) is 0 Å². The van der Waals surface area contributed by atoms with Gasteiger partial charge in [-0.05, 0) is 11.8 Å². The third-order valence-corrected chi connectivity index (χ3v) is 7.81. The van der Waals surface area contributed by atoms with Gasteiger partial charge < -0.3 is 46.0 Å². The molecule has 200 valence electrons. The van der Waals surface area contributed by atoms with Gasteiger partial charge in [0.05, 0.1) is 0 Å². The van der Waals surface area contributed by atoms with E-state index in [9.17, 15) is 46.0 Å². The van der Waals surface area contributed by atoms with Crippen molar-refractivity contribution in [2.24, 2.45) is 11.8 Å². The highest BCUT2D eigenvalue weighted by atomic mass is 16.3. The first-order valence-electron chi connectivity index (χ1n) is 11.8. The van der Waals surface area contributed by atoms with E-state index in [-0.39, 0.29) is 22.3 Å². The molecule has 9 nitrogen and oxygen atoms in total. The normalized spacial score (nSPS) is 15.0. The molecule has 9 N–H and O–H groups in total. The number of benzene rings is 3. The van der Waals surface area contributed by atoms with Gasteiger partial charge in [0.1, 0.15) is 51.7 Å². The molecule has 0 aliphatic heterocycles. The van der Waals surface area contributed by atoms with Crippen LogP contribution < -0.4 is 0 Å². The van der Waals surface area contributed by atoms with E-state index in [1.807, 2.05) is 0 Å². The summed E-state index contributed by atoms with van der Waals surface area (Å²) < 4.78 is 0. The first-order chi connectivity index (χ1) is 17.0. The molecule has 0 saturated heterocycles. The Bertz CT molecular complexity index is 1220. The van der Waals surface area contributed by atoms with Crippen LogP contribution in [0.25, 0.3) is 0 Å². The largest absolute Gasteiger partial charge is 0.508 e. The summed E-state index contributed by atoms with van der Waals surface area (Å²) >= 11 is 0. The molecule has 2 unspecified atom stereocenters. The molecule has 0 amide bonds. The van der Waals surface area contributed by atoms with Crippen LogP contribution in [-0.2, 0) is 10.8 Å². The van der Waals surface area contributed by atoms with Crippen LogP contribution in [-0.4, -0.2) is 46.0 Å². The lowest BCUT2D eigenvalue weighted by molar-refractivity contribution is 0.305. The second-order valence-electron chi connectivity index (χ2n) is 10.4. The lowest BCUT2D eigenvalue weighted by Crippen LogP contribution is -2.34. The number of hydrogen-bond donors (Lipinski definition) is 9. The Morgan fingerprint density at radius 1 is 0.432 bits per heavy atom. The predicted octanol–water partition coefficient (Wildman–Crippen LogP) is 4.96. The fourth-order valence-electron chi connectivity index (χ4n) is 5.33. The molecule has 0 radical (unpaired) electrons. The standard InChI is InChI=1S/C28H34O9/c1-12(2)27(5,22-16(31)7-14(29)8-17(22)32)24-20(35)11-21(36)25(26(24)37)28(6,13(3)4)23-18(33)9-15(30)10-19(23)34/h7-13,29-37H,1-6H3. The van der Waals surface area contributed by atoms with Crippen LogP contribution >= 0.6 is 0 Å². The van der Waals surface area contributed by atoms with Gasteiger partial charge in [-0.15, -0.1) is 0 Å². The molecule has 0 aromatic heterocycles. The van der Waals surface area contributed by atoms with Crippen molar-refractivity contribution in [3.8, 4) is 51.7 Å². The Balaban J connectivity index is 2.52. The average molecular weight is 515 g/mol. The van der Waals surface area contributed by atoms with Gasteiger partial charge in [-0.3, -0.25) is 0 Å². The van der Waals surface area contributed by atoms with Crippen molar-refractivity contribution >= 4 is 0 Å². The zero-order chi connectivity index (χ0) is 28.2. The molecule has 0 spiro atoms. The van der Waals surface area contributed by atoms with Crippen molar-refractivity contribution < 1.29 is 46.0 Å². The van der Waals surface area contributed by atoms with Gasteiger partial charge in [-0.25, -0.2) is 0 Å². The predicted molar refractivity (Wildman–Crippen MR) is 137 cm³/mol. The zero-order valence-corrected chi connectivity index (χ0v) is 21.6. The van der Waals surface area contributed by atoms with E-state index in [1.54, 1.807) is 41.5 Å². The fourth-order valence-corrected chi connectivity index (χ4v) is 5.33. The highest BCUT2D eigenvalue weighted by molar-refractivity contribution is 5.69. The Kier molecular flexibility index (Phi) is 6.72. The summed E-state index contributed by atoms with van der Waals surface area (Å²) in [5.41, 5.74) is -3.40. The van der Waals surface area contributed by atoms with Crippen molar-refractivity contribution in [1.82, 2.24) is 0 Å². The van der Waals surface area contributed by atoms with E-state index in [0.29, 0.717) is 0 Å². The highest BCUT2D eigenvalue weighted by Crippen LogP contribution is 2.59. The first kappa shape index (κ1) is 27.4. The maximum atomic E-state index is 11.8. The van der Waals surface area contributed by atoms with Crippen molar-refractivity contribution in [1.29, 1.82) is 0 Å². The summed E-state index contributed by atoms with van der Waals surface area (Å²) in [6.45, 7) is 10.1. The Morgan fingerprint density at radius 3 is 0.919 bits per heavy atom. The summed E-state index contributed by atoms with van der Waals surface area (Å²) in [7, 11) is 0. The minimum absolute atomic E-state index is 0.0795. The molecule has 3 rings (SSSR count). The minimum atomic E-state index is -1.48. The second-order valence-corrected chi connectivity index (χ2v) is 10.4. The molecule has 3 aromatic rings. The fraction of sp³-hybridized carbons (Fsp3) is 0.357. The number of phenolic OH excluding ortho intramolecular Hbond substituents is 9. The topological polar surface area (TPSA) is 182 Å². The van der Waals surface area contributed by atoms with Gasteiger partial charge in [0.25, 0.3) is 0 Å². The van der Waals surface area contributed by atoms with Crippen LogP contribution in [0.15, 0.2) is 30.3 Å². The van der Waals surface area contributed by atoms with E-state index in [2.05, 4.69) is 0 Å². The third kappa shape index (κ3) is 4.04. The molecule has 0 saturated carbocycles. The van der Waals surface area contributed by atoms with Crippen molar-refractivity contribution in [3.05, 3.63) is 52.6 Å². The van der Waals surface area contributed by atoms with E-state index in [1.165, 1.54) is 0 Å². The Morgan fingerprint density at radius 2 is 0.676 bits per heavy atom. The quantitative estimate of drug-likeness (QED) is 0.219. The van der Waals surface area contributed by atoms with Gasteiger partial charge in [0, 0.05) is 63.4 Å². The smallest absolute Gasteiger partial charge is 0.131 e. The number of phenols is 9. The second kappa shape index (κ2) is 9.06. The monoisotopic (exact) mass is 514 g/mol. The van der Waals surface area contributed by atoms with Gasteiger partial charge in [0.2, 0.25) is 0 Å². The SMILES string of the molecule is CC(C)C(C)(c1c(O)cc(O)cc1O)c1c(O)cc(O)c(C(C)(c2c(O)cc(O)cc2O)C(C)C)c1O. The summed E-state index contributed by atoms with van der Waals surface area (Å²) in [4.78, 5) is 0. The summed E-state index contributed by atoms with van der Waals surface area (Å²) in [6.07, 6.45) is 0. The molecule has 0 aliphatic carbocycles. The van der Waals surface area contributed by atoms with Crippen LogP contribution in [0.3, 0.4) is 0 Å². The lowest BCUT2D eigenvalue weighted by Gasteiger charge is -2.41. The molecule has 3 aromatic carbocycles. The molecular formula is C28H34O9. The van der Waals surface area contributed by atoms with Crippen molar-refractivity contribution in [2.75, 3.05) is 0 Å². The molecule has 0 heterocycles. The molecule has 0 bridgehead atoms. The van der Waals surface area contributed by atoms with Gasteiger partial charge >= 0.3 is 0 Å². The number of rotatable bonds is 6. The molecule has 2 atom stereocenters. The van der Waals surface area contributed by atoms with Crippen molar-refractivity contribution in [2.45, 2.75) is 52.4 Å². The minimum Gasteiger partial charge on any atom is -0.508 e. The summed E-state index contributed by atoms with van der Waals surface area (Å²) in [6, 6.07) is 5.10. The Hall–Kier alpha value is -4.14. The van der Waals surface area contributed by atoms with E-state index < -0.39 is 74.4 Å². The Labute approximate surface area is 214 Å². The van der Waals surface area contributed by atoms with Gasteiger partial charge in [-0.1, -0.05) is 41.5 Å². The molecule has 0 fully saturated rings. The number of hydrogen-bond acceptors (Lipinski definition) is 9. The lowest BCUT2D eigenvalue weighted by atomic mass is 9.63. The van der Waals surface area contributed by atoms with Crippen LogP contribution in [0.1, 0.15) is 63.8 Å². The molecule has 0 aliphatic rings. The van der Waals surface area contributed by atoms with Crippen LogP contribution in [0, 0.1) is 11.8 Å². The van der Waals surface area contributed by atoms with E-state index >= 15 is 0 Å². The van der Waals surface area contributed by atoms with E-state index in [4.69, 9.17) is 0 Å². The average Bonchev–Trinajstić information content (AvgIpc) is 2.71. The van der Waals surface area contributed by atoms with Gasteiger partial charge in [0.15, 0.2) is 0 Å². The summed E-state index contributed by atoms with van der Waals surface area (Å²) in [5.74, 6) is -5.35. The molecule has 37 heavy (non-hydrogen) atoms. The maximum absolute atomic E-state index is 11.8. The van der Waals surface area contributed by atoms with Crippen LogP contribution in [0.5, 0.6) is 51.7 Å². The van der Waals surface area contributed by atoms with Gasteiger partial charge in [-0.2, -0.15) is 0 Å².